The van der Waals surface area contributed by atoms with E-state index in [1.54, 1.807) is 42.5 Å². The highest BCUT2D eigenvalue weighted by Crippen LogP contribution is 2.25. The van der Waals surface area contributed by atoms with E-state index in [1.807, 2.05) is 0 Å². The number of anilines is 1. The number of halogens is 2. The monoisotopic (exact) mass is 368 g/mol. The van der Waals surface area contributed by atoms with Gasteiger partial charge in [-0.15, -0.1) is 0 Å². The van der Waals surface area contributed by atoms with Crippen LogP contribution in [0.1, 0.15) is 15.9 Å². The SMILES string of the molecule is NC(=S)c1cccc(C(=O)Nc2ccc(Cl)c(Br)c2)c1. The molecule has 0 fully saturated rings. The first-order valence-electron chi connectivity index (χ1n) is 5.63. The third kappa shape index (κ3) is 3.56. The van der Waals surface area contributed by atoms with Crippen LogP contribution in [-0.4, -0.2) is 10.9 Å². The summed E-state index contributed by atoms with van der Waals surface area (Å²) >= 11 is 14.1. The van der Waals surface area contributed by atoms with E-state index in [2.05, 4.69) is 21.2 Å². The molecule has 2 aromatic carbocycles. The maximum atomic E-state index is 12.1. The first-order chi connectivity index (χ1) is 9.47. The lowest BCUT2D eigenvalue weighted by molar-refractivity contribution is 0.102. The third-order valence-corrected chi connectivity index (χ3v) is 4.04. The average Bonchev–Trinajstić information content (AvgIpc) is 2.43. The molecule has 2 rings (SSSR count). The van der Waals surface area contributed by atoms with Crippen LogP contribution in [0.3, 0.4) is 0 Å². The smallest absolute Gasteiger partial charge is 0.255 e. The summed E-state index contributed by atoms with van der Waals surface area (Å²) in [5, 5.41) is 3.36. The van der Waals surface area contributed by atoms with E-state index in [1.165, 1.54) is 0 Å². The second-order valence-corrected chi connectivity index (χ2v) is 5.73. The van der Waals surface area contributed by atoms with Gasteiger partial charge in [-0.1, -0.05) is 36.0 Å². The Hall–Kier alpha value is -1.43. The normalized spacial score (nSPS) is 10.1. The number of hydrogen-bond acceptors (Lipinski definition) is 2. The molecule has 0 saturated heterocycles. The number of amides is 1. The van der Waals surface area contributed by atoms with Crippen LogP contribution in [0, 0.1) is 0 Å². The van der Waals surface area contributed by atoms with Crippen molar-refractivity contribution in [2.45, 2.75) is 0 Å². The Morgan fingerprint density at radius 2 is 1.90 bits per heavy atom. The summed E-state index contributed by atoms with van der Waals surface area (Å²) in [6.07, 6.45) is 0. The maximum absolute atomic E-state index is 12.1. The molecule has 2 aromatic rings. The number of nitrogens with one attached hydrogen (secondary N) is 1. The molecular weight excluding hydrogens is 360 g/mol. The van der Waals surface area contributed by atoms with E-state index in [0.717, 1.165) is 0 Å². The predicted octanol–water partition coefficient (Wildman–Crippen LogP) is 3.99. The Balaban J connectivity index is 2.21. The highest BCUT2D eigenvalue weighted by Gasteiger charge is 2.08. The summed E-state index contributed by atoms with van der Waals surface area (Å²) in [6, 6.07) is 12.0. The molecule has 6 heteroatoms. The summed E-state index contributed by atoms with van der Waals surface area (Å²) in [5.74, 6) is -0.239. The molecule has 0 unspecified atom stereocenters. The van der Waals surface area contributed by atoms with Crippen molar-refractivity contribution in [2.24, 2.45) is 5.73 Å². The standard InChI is InChI=1S/C14H10BrClN2OS/c15-11-7-10(4-5-12(11)16)18-14(19)9-3-1-2-8(6-9)13(17)20/h1-7H,(H2,17,20)(H,18,19). The van der Waals surface area contributed by atoms with E-state index >= 15 is 0 Å². The molecule has 1 amide bonds. The maximum Gasteiger partial charge on any atom is 0.255 e. The number of rotatable bonds is 3. The number of hydrogen-bond donors (Lipinski definition) is 2. The van der Waals surface area contributed by atoms with Gasteiger partial charge < -0.3 is 11.1 Å². The van der Waals surface area contributed by atoms with E-state index in [-0.39, 0.29) is 10.9 Å². The lowest BCUT2D eigenvalue weighted by Gasteiger charge is -2.07. The fourth-order valence-corrected chi connectivity index (χ4v) is 2.21. The molecule has 0 bridgehead atoms. The molecule has 0 saturated carbocycles. The lowest BCUT2D eigenvalue weighted by Crippen LogP contribution is -2.14. The van der Waals surface area contributed by atoms with Gasteiger partial charge in [0.25, 0.3) is 5.91 Å². The molecule has 3 N–H and O–H groups in total. The van der Waals surface area contributed by atoms with Gasteiger partial charge in [-0.2, -0.15) is 0 Å². The van der Waals surface area contributed by atoms with Crippen LogP contribution in [0.5, 0.6) is 0 Å². The van der Waals surface area contributed by atoms with E-state index in [4.69, 9.17) is 29.6 Å². The average molecular weight is 370 g/mol. The Bertz CT molecular complexity index is 691. The minimum atomic E-state index is -0.239. The van der Waals surface area contributed by atoms with Crippen LogP contribution >= 0.6 is 39.7 Å². The van der Waals surface area contributed by atoms with Gasteiger partial charge in [0, 0.05) is 21.3 Å². The van der Waals surface area contributed by atoms with Crippen LogP contribution in [0.4, 0.5) is 5.69 Å². The van der Waals surface area contributed by atoms with Gasteiger partial charge in [-0.25, -0.2) is 0 Å². The number of nitrogens with two attached hydrogens (primary N) is 1. The largest absolute Gasteiger partial charge is 0.389 e. The molecule has 0 radical (unpaired) electrons. The van der Waals surface area contributed by atoms with Crippen LogP contribution in [-0.2, 0) is 0 Å². The van der Waals surface area contributed by atoms with Gasteiger partial charge in [-0.3, -0.25) is 4.79 Å². The Morgan fingerprint density at radius 1 is 1.20 bits per heavy atom. The summed E-state index contributed by atoms with van der Waals surface area (Å²) in [6.45, 7) is 0. The second-order valence-electron chi connectivity index (χ2n) is 4.03. The molecule has 102 valence electrons. The second kappa shape index (κ2) is 6.35. The summed E-state index contributed by atoms with van der Waals surface area (Å²) in [5.41, 5.74) is 7.34. The van der Waals surface area contributed by atoms with Crippen molar-refractivity contribution in [3.8, 4) is 0 Å². The fourth-order valence-electron chi connectivity index (χ4n) is 1.59. The molecule has 0 spiro atoms. The first kappa shape index (κ1) is 15.0. The molecule has 0 aliphatic heterocycles. The van der Waals surface area contributed by atoms with E-state index in [0.29, 0.717) is 26.3 Å². The highest BCUT2D eigenvalue weighted by molar-refractivity contribution is 9.10. The molecule has 0 aliphatic rings. The fraction of sp³-hybridized carbons (Fsp3) is 0. The Morgan fingerprint density at radius 3 is 2.55 bits per heavy atom. The summed E-state index contributed by atoms with van der Waals surface area (Å²) in [7, 11) is 0. The van der Waals surface area contributed by atoms with Gasteiger partial charge in [-0.05, 0) is 46.3 Å². The first-order valence-corrected chi connectivity index (χ1v) is 7.21. The topological polar surface area (TPSA) is 55.1 Å². The van der Waals surface area contributed by atoms with Gasteiger partial charge >= 0.3 is 0 Å². The van der Waals surface area contributed by atoms with Gasteiger partial charge in [0.05, 0.1) is 5.02 Å². The van der Waals surface area contributed by atoms with Crippen LogP contribution in [0.25, 0.3) is 0 Å². The Labute approximate surface area is 135 Å². The minimum Gasteiger partial charge on any atom is -0.389 e. The van der Waals surface area contributed by atoms with Gasteiger partial charge in [0.1, 0.15) is 4.99 Å². The van der Waals surface area contributed by atoms with Crippen molar-refractivity contribution in [1.29, 1.82) is 0 Å². The zero-order chi connectivity index (χ0) is 14.7. The van der Waals surface area contributed by atoms with Gasteiger partial charge in [0.15, 0.2) is 0 Å². The van der Waals surface area contributed by atoms with E-state index < -0.39 is 0 Å². The number of thiocarbonyl (C=S) groups is 1. The number of carbonyl (C=O) groups excluding carboxylic acids is 1. The molecule has 0 aromatic heterocycles. The molecule has 20 heavy (non-hydrogen) atoms. The zero-order valence-electron chi connectivity index (χ0n) is 10.2. The number of benzene rings is 2. The Kier molecular flexibility index (Phi) is 4.75. The van der Waals surface area contributed by atoms with Crippen LogP contribution in [0.2, 0.25) is 5.02 Å². The molecule has 0 aliphatic carbocycles. The molecule has 3 nitrogen and oxygen atoms in total. The van der Waals surface area contributed by atoms with Crippen LogP contribution < -0.4 is 11.1 Å². The molecule has 0 atom stereocenters. The third-order valence-electron chi connectivity index (χ3n) is 2.59. The lowest BCUT2D eigenvalue weighted by atomic mass is 10.1. The summed E-state index contributed by atoms with van der Waals surface area (Å²) in [4.78, 5) is 12.4. The summed E-state index contributed by atoms with van der Waals surface area (Å²) < 4.78 is 0.717. The quantitative estimate of drug-likeness (QED) is 0.804. The molecule has 0 heterocycles. The highest BCUT2D eigenvalue weighted by atomic mass is 79.9. The van der Waals surface area contributed by atoms with E-state index in [9.17, 15) is 4.79 Å². The zero-order valence-corrected chi connectivity index (χ0v) is 13.3. The van der Waals surface area contributed by atoms with Crippen molar-refractivity contribution >= 4 is 56.3 Å². The van der Waals surface area contributed by atoms with Crippen molar-refractivity contribution in [1.82, 2.24) is 0 Å². The van der Waals surface area contributed by atoms with Gasteiger partial charge in [0.2, 0.25) is 0 Å². The van der Waals surface area contributed by atoms with Crippen molar-refractivity contribution in [3.63, 3.8) is 0 Å². The van der Waals surface area contributed by atoms with Crippen molar-refractivity contribution in [3.05, 3.63) is 63.1 Å². The van der Waals surface area contributed by atoms with Crippen molar-refractivity contribution in [2.75, 3.05) is 5.32 Å². The van der Waals surface area contributed by atoms with Crippen LogP contribution in [0.15, 0.2) is 46.9 Å². The molecular formula is C14H10BrClN2OS. The van der Waals surface area contributed by atoms with Crippen molar-refractivity contribution < 1.29 is 4.79 Å². The predicted molar refractivity (Wildman–Crippen MR) is 89.4 cm³/mol. The number of carbonyl (C=O) groups is 1. The minimum absolute atomic E-state index is 0.239.